The largest absolute Gasteiger partial charge is 0.459 e. The van der Waals surface area contributed by atoms with Crippen LogP contribution in [0.5, 0.6) is 5.75 Å². The molecule has 0 bridgehead atoms. The van der Waals surface area contributed by atoms with E-state index >= 15 is 0 Å². The van der Waals surface area contributed by atoms with Crippen molar-refractivity contribution in [1.29, 1.82) is 0 Å². The summed E-state index contributed by atoms with van der Waals surface area (Å²) >= 11 is 0. The molecule has 0 fully saturated rings. The number of anilines is 3. The number of hydrogen-bond acceptors (Lipinski definition) is 5. The van der Waals surface area contributed by atoms with E-state index in [1.165, 1.54) is 22.5 Å². The van der Waals surface area contributed by atoms with Gasteiger partial charge in [-0.05, 0) is 60.7 Å². The van der Waals surface area contributed by atoms with Gasteiger partial charge in [0.1, 0.15) is 5.69 Å². The minimum Gasteiger partial charge on any atom is -0.459 e. The first-order chi connectivity index (χ1) is 23.4. The Kier molecular flexibility index (Phi) is 6.19. The smallest absolute Gasteiger partial charge is 0.228 e. The van der Waals surface area contributed by atoms with Gasteiger partial charge in [-0.1, -0.05) is 103 Å². The monoisotopic (exact) mass is 625 g/mol. The fraction of sp³-hybridized carbons (Fsp3) is 0.163. The van der Waals surface area contributed by atoms with Crippen LogP contribution in [0.3, 0.4) is 0 Å². The summed E-state index contributed by atoms with van der Waals surface area (Å²) in [4.78, 5) is 22.8. The number of likely N-dealkylation sites (N-methyl/N-ethyl adjacent to an activating group) is 1. The summed E-state index contributed by atoms with van der Waals surface area (Å²) < 4.78 is 7.14. The number of fused-ring (bicyclic) bond motifs is 5. The molecule has 0 amide bonds. The van der Waals surface area contributed by atoms with Crippen molar-refractivity contribution in [3.63, 3.8) is 0 Å². The standard InChI is InChI=1S/C43H35N3O2/c1-42(2)35-15-9-10-16-37(35)45(3)43(42)27-44-40-34-14-8-7-13-33(34)38(26-39(40)48-43)46-24-23-32-25-31(21-22-36(32)46)28-17-19-30(20-18-28)41(47)29-11-5-4-6-12-29/h4-22,25-27H,23-24H2,1-3H3. The average Bonchev–Trinajstić information content (AvgIpc) is 3.63. The third kappa shape index (κ3) is 4.03. The lowest BCUT2D eigenvalue weighted by molar-refractivity contribution is 0.0827. The van der Waals surface area contributed by atoms with Gasteiger partial charge in [0.05, 0.1) is 17.3 Å². The van der Waals surface area contributed by atoms with Gasteiger partial charge in [-0.2, -0.15) is 0 Å². The highest BCUT2D eigenvalue weighted by Crippen LogP contribution is 2.55. The van der Waals surface area contributed by atoms with Crippen molar-refractivity contribution >= 4 is 45.5 Å². The Balaban J connectivity index is 1.07. The van der Waals surface area contributed by atoms with Crippen molar-refractivity contribution in [3.8, 4) is 16.9 Å². The molecule has 3 aliphatic rings. The zero-order valence-electron chi connectivity index (χ0n) is 27.3. The van der Waals surface area contributed by atoms with Gasteiger partial charge in [-0.15, -0.1) is 0 Å². The minimum absolute atomic E-state index is 0.0392. The van der Waals surface area contributed by atoms with Crippen LogP contribution in [0, 0.1) is 0 Å². The summed E-state index contributed by atoms with van der Waals surface area (Å²) in [5.41, 5.74) is 9.52. The Morgan fingerprint density at radius 3 is 2.19 bits per heavy atom. The number of benzene rings is 6. The number of carbonyl (C=O) groups is 1. The number of aliphatic imine (C=N–C) groups is 1. The molecule has 3 aliphatic heterocycles. The summed E-state index contributed by atoms with van der Waals surface area (Å²) in [5, 5.41) is 2.24. The SMILES string of the molecule is CN1c2ccccc2C(C)(C)C12C=Nc1c(cc(N3CCc4cc(-c5ccc(C(=O)c6ccccc6)cc5)ccc43)c3ccccc13)O2. The fourth-order valence-corrected chi connectivity index (χ4v) is 8.03. The van der Waals surface area contributed by atoms with E-state index in [0.717, 1.165) is 52.0 Å². The van der Waals surface area contributed by atoms with Crippen LogP contribution in [-0.2, 0) is 11.8 Å². The van der Waals surface area contributed by atoms with Gasteiger partial charge in [-0.25, -0.2) is 0 Å². The molecule has 234 valence electrons. The normalized spacial score (nSPS) is 18.5. The van der Waals surface area contributed by atoms with E-state index < -0.39 is 5.72 Å². The van der Waals surface area contributed by atoms with Gasteiger partial charge in [0.15, 0.2) is 11.5 Å². The lowest BCUT2D eigenvalue weighted by atomic mass is 9.77. The first-order valence-electron chi connectivity index (χ1n) is 16.6. The molecular weight excluding hydrogens is 590 g/mol. The van der Waals surface area contributed by atoms with Crippen LogP contribution < -0.4 is 14.5 Å². The van der Waals surface area contributed by atoms with Crippen molar-refractivity contribution in [1.82, 2.24) is 0 Å². The summed E-state index contributed by atoms with van der Waals surface area (Å²) in [6.07, 6.45) is 2.95. The first-order valence-corrected chi connectivity index (χ1v) is 16.6. The summed E-state index contributed by atoms with van der Waals surface area (Å²) in [5.74, 6) is 0.839. The van der Waals surface area contributed by atoms with Gasteiger partial charge < -0.3 is 14.5 Å². The highest BCUT2D eigenvalue weighted by molar-refractivity contribution is 6.09. The van der Waals surface area contributed by atoms with Crippen molar-refractivity contribution < 1.29 is 9.53 Å². The molecule has 48 heavy (non-hydrogen) atoms. The van der Waals surface area contributed by atoms with Crippen LogP contribution in [-0.4, -0.2) is 31.3 Å². The van der Waals surface area contributed by atoms with Gasteiger partial charge in [-0.3, -0.25) is 9.79 Å². The predicted octanol–water partition coefficient (Wildman–Crippen LogP) is 9.65. The number of para-hydroxylation sites is 1. The molecule has 0 radical (unpaired) electrons. The molecule has 9 rings (SSSR count). The Morgan fingerprint density at radius 2 is 1.40 bits per heavy atom. The lowest BCUT2D eigenvalue weighted by Crippen LogP contribution is -2.61. The van der Waals surface area contributed by atoms with Crippen molar-refractivity contribution in [2.45, 2.75) is 31.4 Å². The maximum atomic E-state index is 12.9. The first kappa shape index (κ1) is 28.5. The zero-order chi connectivity index (χ0) is 32.6. The molecule has 0 aliphatic carbocycles. The summed E-state index contributed by atoms with van der Waals surface area (Å²) in [7, 11) is 2.11. The van der Waals surface area contributed by atoms with Gasteiger partial charge in [0.2, 0.25) is 5.72 Å². The minimum atomic E-state index is -0.748. The third-order valence-electron chi connectivity index (χ3n) is 10.7. The summed E-state index contributed by atoms with van der Waals surface area (Å²) in [6.45, 7) is 5.37. The van der Waals surface area contributed by atoms with E-state index in [-0.39, 0.29) is 11.2 Å². The van der Waals surface area contributed by atoms with Crippen molar-refractivity contribution in [2.75, 3.05) is 23.4 Å². The van der Waals surface area contributed by atoms with E-state index in [1.807, 2.05) is 48.7 Å². The second-order valence-corrected chi connectivity index (χ2v) is 13.6. The third-order valence-corrected chi connectivity index (χ3v) is 10.7. The van der Waals surface area contributed by atoms with Crippen molar-refractivity contribution in [2.24, 2.45) is 4.99 Å². The Hall–Kier alpha value is -5.68. The maximum absolute atomic E-state index is 12.9. The second-order valence-electron chi connectivity index (χ2n) is 13.6. The molecule has 0 saturated heterocycles. The number of ketones is 1. The molecular formula is C43H35N3O2. The van der Waals surface area contributed by atoms with Gasteiger partial charge in [0.25, 0.3) is 0 Å². The predicted molar refractivity (Wildman–Crippen MR) is 196 cm³/mol. The average molecular weight is 626 g/mol. The topological polar surface area (TPSA) is 45.1 Å². The van der Waals surface area contributed by atoms with Crippen LogP contribution in [0.15, 0.2) is 132 Å². The Bertz CT molecular complexity index is 2290. The van der Waals surface area contributed by atoms with Gasteiger partial charge in [0, 0.05) is 52.9 Å². The fourth-order valence-electron chi connectivity index (χ4n) is 8.03. The Morgan fingerprint density at radius 1 is 0.708 bits per heavy atom. The molecule has 3 heterocycles. The summed E-state index contributed by atoms with van der Waals surface area (Å²) in [6, 6.07) is 43.4. The van der Waals surface area contributed by atoms with E-state index in [1.54, 1.807) is 0 Å². The second kappa shape index (κ2) is 10.4. The van der Waals surface area contributed by atoms with Crippen LogP contribution in [0.1, 0.15) is 40.9 Å². The molecule has 1 atom stereocenters. The van der Waals surface area contributed by atoms with Crippen LogP contribution in [0.25, 0.3) is 21.9 Å². The number of ether oxygens (including phenoxy) is 1. The number of nitrogens with zero attached hydrogens (tertiary/aromatic N) is 3. The molecule has 1 unspecified atom stereocenters. The molecule has 0 N–H and O–H groups in total. The molecule has 6 aromatic rings. The highest BCUT2D eigenvalue weighted by atomic mass is 16.5. The zero-order valence-corrected chi connectivity index (χ0v) is 27.3. The van der Waals surface area contributed by atoms with Crippen molar-refractivity contribution in [3.05, 3.63) is 150 Å². The highest BCUT2D eigenvalue weighted by Gasteiger charge is 2.58. The molecule has 1 spiro atoms. The van der Waals surface area contributed by atoms with Crippen LogP contribution in [0.2, 0.25) is 0 Å². The lowest BCUT2D eigenvalue weighted by Gasteiger charge is -2.45. The number of hydrogen-bond donors (Lipinski definition) is 0. The molecule has 0 saturated carbocycles. The molecule has 5 nitrogen and oxygen atoms in total. The number of carbonyl (C=O) groups excluding carboxylic acids is 1. The van der Waals surface area contributed by atoms with E-state index in [4.69, 9.17) is 9.73 Å². The molecule has 0 aromatic heterocycles. The van der Waals surface area contributed by atoms with Gasteiger partial charge >= 0.3 is 0 Å². The Labute approximate surface area is 280 Å². The molecule has 5 heteroatoms. The quantitative estimate of drug-likeness (QED) is 0.183. The number of rotatable bonds is 4. The van der Waals surface area contributed by atoms with E-state index in [2.05, 4.69) is 116 Å². The van der Waals surface area contributed by atoms with Crippen LogP contribution >= 0.6 is 0 Å². The molecule has 6 aromatic carbocycles. The van der Waals surface area contributed by atoms with Crippen LogP contribution in [0.4, 0.5) is 22.7 Å². The maximum Gasteiger partial charge on any atom is 0.228 e. The van der Waals surface area contributed by atoms with E-state index in [0.29, 0.717) is 11.1 Å². The van der Waals surface area contributed by atoms with E-state index in [9.17, 15) is 4.79 Å².